The average molecular weight is 454 g/mol. The summed E-state index contributed by atoms with van der Waals surface area (Å²) < 4.78 is 1.85. The molecule has 0 amide bonds. The van der Waals surface area contributed by atoms with Crippen LogP contribution in [0.4, 0.5) is 0 Å². The van der Waals surface area contributed by atoms with E-state index < -0.39 is 6.10 Å². The van der Waals surface area contributed by atoms with Crippen molar-refractivity contribution in [1.29, 1.82) is 0 Å². The molecule has 4 heteroatoms. The van der Waals surface area contributed by atoms with E-state index in [9.17, 15) is 5.11 Å². The molecule has 0 spiro atoms. The Labute approximate surface area is 203 Å². The zero-order valence-electron chi connectivity index (χ0n) is 19.0. The number of rotatable bonds is 5. The van der Waals surface area contributed by atoms with Crippen molar-refractivity contribution in [2.45, 2.75) is 6.10 Å². The van der Waals surface area contributed by atoms with Crippen LogP contribution in [0.2, 0.25) is 0 Å². The lowest BCUT2D eigenvalue weighted by molar-refractivity contribution is 0.240. The Hall–Kier alpha value is -4.54. The van der Waals surface area contributed by atoms with Crippen LogP contribution in [-0.2, 0) is 0 Å². The van der Waals surface area contributed by atoms with Gasteiger partial charge in [-0.2, -0.15) is 0 Å². The first kappa shape index (κ1) is 21.0. The fourth-order valence-corrected chi connectivity index (χ4v) is 4.71. The van der Waals surface area contributed by atoms with Gasteiger partial charge in [-0.25, -0.2) is 4.68 Å². The van der Waals surface area contributed by atoms with Crippen LogP contribution >= 0.6 is 0 Å². The predicted molar refractivity (Wildman–Crippen MR) is 142 cm³/mol. The lowest BCUT2D eigenvalue weighted by Crippen LogP contribution is -2.11. The first-order valence-electron chi connectivity index (χ1n) is 11.6. The summed E-state index contributed by atoms with van der Waals surface area (Å²) in [5, 5.41) is 23.2. The van der Waals surface area contributed by atoms with Gasteiger partial charge in [0, 0.05) is 11.1 Å². The minimum Gasteiger partial charge on any atom is -0.384 e. The molecule has 1 aromatic heterocycles. The average Bonchev–Trinajstić information content (AvgIpc) is 3.36. The maximum absolute atomic E-state index is 12.1. The molecule has 0 aliphatic carbocycles. The van der Waals surface area contributed by atoms with E-state index in [1.54, 1.807) is 0 Å². The van der Waals surface area contributed by atoms with Crippen LogP contribution in [0, 0.1) is 0 Å². The molecule has 1 atom stereocenters. The van der Waals surface area contributed by atoms with Crippen LogP contribution in [0.3, 0.4) is 0 Å². The topological polar surface area (TPSA) is 50.9 Å². The van der Waals surface area contributed by atoms with E-state index in [1.807, 2.05) is 114 Å². The molecule has 0 fully saturated rings. The summed E-state index contributed by atoms with van der Waals surface area (Å²) in [7, 11) is 0. The van der Waals surface area contributed by atoms with E-state index >= 15 is 0 Å². The Kier molecular flexibility index (Phi) is 5.41. The van der Waals surface area contributed by atoms with Gasteiger partial charge in [0.05, 0.1) is 11.2 Å². The van der Waals surface area contributed by atoms with Crippen LogP contribution in [0.1, 0.15) is 22.8 Å². The number of fused-ring (bicyclic) bond motifs is 2. The molecule has 4 nitrogen and oxygen atoms in total. The summed E-state index contributed by atoms with van der Waals surface area (Å²) in [6, 6.07) is 42.2. The van der Waals surface area contributed by atoms with Crippen molar-refractivity contribution in [2.24, 2.45) is 0 Å². The molecule has 0 aliphatic heterocycles. The van der Waals surface area contributed by atoms with Crippen molar-refractivity contribution >= 4 is 33.1 Å². The zero-order valence-corrected chi connectivity index (χ0v) is 19.0. The summed E-state index contributed by atoms with van der Waals surface area (Å²) in [5.74, 6) is 0. The van der Waals surface area contributed by atoms with Crippen LogP contribution in [0.5, 0.6) is 0 Å². The van der Waals surface area contributed by atoms with Crippen LogP contribution in [0.25, 0.3) is 33.1 Å². The van der Waals surface area contributed by atoms with E-state index in [2.05, 4.69) is 28.5 Å². The quantitative estimate of drug-likeness (QED) is 0.294. The lowest BCUT2D eigenvalue weighted by atomic mass is 9.89. The number of benzene rings is 5. The van der Waals surface area contributed by atoms with Gasteiger partial charge in [-0.15, -0.1) is 5.10 Å². The summed E-state index contributed by atoms with van der Waals surface area (Å²) in [6.07, 6.45) is -0.901. The largest absolute Gasteiger partial charge is 0.384 e. The molecular formula is C31H23N3O. The van der Waals surface area contributed by atoms with Crippen molar-refractivity contribution < 1.29 is 5.11 Å². The zero-order chi connectivity index (χ0) is 23.6. The highest BCUT2D eigenvalue weighted by atomic mass is 16.3. The molecule has 0 saturated heterocycles. The van der Waals surface area contributed by atoms with E-state index in [1.165, 1.54) is 0 Å². The van der Waals surface area contributed by atoms with E-state index in [4.69, 9.17) is 0 Å². The first-order valence-corrected chi connectivity index (χ1v) is 11.6. The normalized spacial score (nSPS) is 13.1. The molecule has 35 heavy (non-hydrogen) atoms. The van der Waals surface area contributed by atoms with Gasteiger partial charge in [-0.05, 0) is 34.0 Å². The molecule has 0 radical (unpaired) electrons. The summed E-state index contributed by atoms with van der Waals surface area (Å²) in [6.45, 7) is 0. The number of aromatic nitrogens is 3. The Balaban J connectivity index is 1.72. The molecule has 0 aliphatic rings. The SMILES string of the molecule is OC(/C(=C(\c1ccccc1)n1nnc2ccccc21)c1ccccc1)c1cccc2ccccc12. The smallest absolute Gasteiger partial charge is 0.113 e. The highest BCUT2D eigenvalue weighted by Crippen LogP contribution is 2.40. The van der Waals surface area contributed by atoms with Crippen molar-refractivity contribution in [3.05, 3.63) is 144 Å². The fourth-order valence-electron chi connectivity index (χ4n) is 4.71. The standard InChI is InChI=1S/C31H23N3O/c35-31(26-19-11-17-22-12-7-8-18-25(22)26)29(23-13-3-1-4-14-23)30(24-15-5-2-6-16-24)34-28-21-10-9-20-27(28)32-33-34/h1-21,31,35H/b30-29+. The Morgan fingerprint density at radius 1 is 0.629 bits per heavy atom. The molecule has 6 rings (SSSR count). The van der Waals surface area contributed by atoms with Gasteiger partial charge in [0.15, 0.2) is 0 Å². The predicted octanol–water partition coefficient (Wildman–Crippen LogP) is 6.73. The first-order chi connectivity index (χ1) is 17.3. The fraction of sp³-hybridized carbons (Fsp3) is 0.0323. The maximum Gasteiger partial charge on any atom is 0.113 e. The molecule has 6 aromatic rings. The minimum absolute atomic E-state index is 0.767. The highest BCUT2D eigenvalue weighted by molar-refractivity contribution is 5.98. The second-order valence-corrected chi connectivity index (χ2v) is 8.46. The van der Waals surface area contributed by atoms with Gasteiger partial charge in [-0.1, -0.05) is 120 Å². The molecule has 5 aromatic carbocycles. The second kappa shape index (κ2) is 9.01. The third-order valence-corrected chi connectivity index (χ3v) is 6.34. The monoisotopic (exact) mass is 453 g/mol. The van der Waals surface area contributed by atoms with Crippen LogP contribution in [-0.4, -0.2) is 20.1 Å². The Morgan fingerprint density at radius 2 is 1.26 bits per heavy atom. The van der Waals surface area contributed by atoms with Crippen molar-refractivity contribution in [3.8, 4) is 0 Å². The Bertz CT molecular complexity index is 1650. The number of hydrogen-bond acceptors (Lipinski definition) is 3. The number of aliphatic hydroxyl groups excluding tert-OH is 1. The number of para-hydroxylation sites is 1. The summed E-state index contributed by atoms with van der Waals surface area (Å²) in [4.78, 5) is 0. The second-order valence-electron chi connectivity index (χ2n) is 8.46. The molecule has 0 bridgehead atoms. The van der Waals surface area contributed by atoms with Crippen molar-refractivity contribution in [3.63, 3.8) is 0 Å². The van der Waals surface area contributed by atoms with E-state index in [-0.39, 0.29) is 0 Å². The third-order valence-electron chi connectivity index (χ3n) is 6.34. The van der Waals surface area contributed by atoms with Gasteiger partial charge in [0.1, 0.15) is 11.6 Å². The molecule has 1 unspecified atom stereocenters. The molecule has 168 valence electrons. The van der Waals surface area contributed by atoms with Gasteiger partial charge >= 0.3 is 0 Å². The molecule has 1 heterocycles. The van der Waals surface area contributed by atoms with E-state index in [0.717, 1.165) is 49.8 Å². The summed E-state index contributed by atoms with van der Waals surface area (Å²) >= 11 is 0. The third kappa shape index (κ3) is 3.80. The minimum atomic E-state index is -0.901. The number of hydrogen-bond donors (Lipinski definition) is 1. The number of aliphatic hydroxyl groups is 1. The maximum atomic E-state index is 12.1. The van der Waals surface area contributed by atoms with Crippen LogP contribution < -0.4 is 0 Å². The summed E-state index contributed by atoms with van der Waals surface area (Å²) in [5.41, 5.74) is 5.96. The van der Waals surface area contributed by atoms with Crippen molar-refractivity contribution in [1.82, 2.24) is 15.0 Å². The molecular weight excluding hydrogens is 430 g/mol. The molecule has 1 N–H and O–H groups in total. The van der Waals surface area contributed by atoms with Crippen molar-refractivity contribution in [2.75, 3.05) is 0 Å². The Morgan fingerprint density at radius 3 is 2.06 bits per heavy atom. The highest BCUT2D eigenvalue weighted by Gasteiger charge is 2.25. The number of nitrogens with zero attached hydrogens (tertiary/aromatic N) is 3. The van der Waals surface area contributed by atoms with Gasteiger partial charge in [0.2, 0.25) is 0 Å². The molecule has 0 saturated carbocycles. The van der Waals surface area contributed by atoms with Gasteiger partial charge < -0.3 is 5.11 Å². The lowest BCUT2D eigenvalue weighted by Gasteiger charge is -2.23. The van der Waals surface area contributed by atoms with E-state index in [0.29, 0.717) is 0 Å². The van der Waals surface area contributed by atoms with Gasteiger partial charge in [0.25, 0.3) is 0 Å². The van der Waals surface area contributed by atoms with Gasteiger partial charge in [-0.3, -0.25) is 0 Å². The van der Waals surface area contributed by atoms with Crippen LogP contribution in [0.15, 0.2) is 127 Å².